The highest BCUT2D eigenvalue weighted by molar-refractivity contribution is 6.33. The number of piperidine rings is 2. The number of halogens is 1. The zero-order chi connectivity index (χ0) is 46.3. The Hall–Kier alpha value is -6.77. The molecule has 1 unspecified atom stereocenters. The molecular formula is C45H49ClN10O10. The Morgan fingerprint density at radius 3 is 2.47 bits per heavy atom. The van der Waals surface area contributed by atoms with Gasteiger partial charge in [0, 0.05) is 50.2 Å². The van der Waals surface area contributed by atoms with E-state index in [4.69, 9.17) is 35.5 Å². The molecule has 3 aromatic heterocycles. The van der Waals surface area contributed by atoms with Crippen molar-refractivity contribution in [2.45, 2.75) is 58.0 Å². The summed E-state index contributed by atoms with van der Waals surface area (Å²) in [4.78, 5) is 86.7. The number of Topliss-reactive ketones (excluding diaryl/α,β-unsaturated/α-hetero) is 1. The fraction of sp³-hybridized carbons (Fsp3) is 0.422. The smallest absolute Gasteiger partial charge is 0.293 e. The van der Waals surface area contributed by atoms with Crippen LogP contribution in [0, 0.1) is 5.92 Å². The van der Waals surface area contributed by atoms with Crippen LogP contribution < -0.4 is 30.6 Å². The van der Waals surface area contributed by atoms with Crippen molar-refractivity contribution in [3.05, 3.63) is 87.1 Å². The van der Waals surface area contributed by atoms with Crippen LogP contribution in [0.2, 0.25) is 5.02 Å². The summed E-state index contributed by atoms with van der Waals surface area (Å²) in [7, 11) is 1.66. The molecule has 0 aliphatic carbocycles. The molecule has 2 saturated heterocycles. The predicted octanol–water partition coefficient (Wildman–Crippen LogP) is 3.65. The van der Waals surface area contributed by atoms with E-state index in [9.17, 15) is 28.8 Å². The molecule has 2 fully saturated rings. The van der Waals surface area contributed by atoms with Crippen molar-refractivity contribution in [2.75, 3.05) is 62.9 Å². The van der Waals surface area contributed by atoms with Crippen molar-refractivity contribution in [3.63, 3.8) is 0 Å². The molecule has 2 N–H and O–H groups in total. The molecule has 1 atom stereocenters. The minimum atomic E-state index is -1.03. The average Bonchev–Trinajstić information content (AvgIpc) is 3.86. The molecule has 8 rings (SSSR count). The molecule has 0 radical (unpaired) electrons. The van der Waals surface area contributed by atoms with Gasteiger partial charge in [-0.3, -0.25) is 39.0 Å². The lowest BCUT2D eigenvalue weighted by atomic mass is 9.92. The predicted molar refractivity (Wildman–Crippen MR) is 239 cm³/mol. The molecule has 6 heterocycles. The Bertz CT molecular complexity index is 2720. The number of nitrogens with one attached hydrogen (secondary N) is 2. The summed E-state index contributed by atoms with van der Waals surface area (Å²) >= 11 is 6.54. The van der Waals surface area contributed by atoms with Crippen LogP contribution >= 0.6 is 11.6 Å². The summed E-state index contributed by atoms with van der Waals surface area (Å²) in [5.74, 6) is -0.422. The van der Waals surface area contributed by atoms with Crippen LogP contribution in [0.1, 0.15) is 65.4 Å². The lowest BCUT2D eigenvalue weighted by Crippen LogP contribution is -2.54. The van der Waals surface area contributed by atoms with Crippen LogP contribution in [0.15, 0.2) is 59.7 Å². The number of carbonyl (C=O) groups excluding carboxylic acids is 5. The van der Waals surface area contributed by atoms with Crippen molar-refractivity contribution in [1.82, 2.24) is 39.7 Å². The number of aryl methyl sites for hydroxylation is 1. The van der Waals surface area contributed by atoms with Crippen molar-refractivity contribution in [2.24, 2.45) is 13.0 Å². The van der Waals surface area contributed by atoms with E-state index < -0.39 is 29.7 Å². The van der Waals surface area contributed by atoms with Crippen LogP contribution in [-0.2, 0) is 43.9 Å². The quantitative estimate of drug-likeness (QED) is 0.0838. The van der Waals surface area contributed by atoms with Crippen LogP contribution in [-0.4, -0.2) is 123 Å². The van der Waals surface area contributed by atoms with Crippen LogP contribution in [0.5, 0.6) is 11.5 Å². The summed E-state index contributed by atoms with van der Waals surface area (Å²) in [6.07, 6.45) is 6.65. The zero-order valence-electron chi connectivity index (χ0n) is 36.5. The minimum absolute atomic E-state index is 0.0516. The van der Waals surface area contributed by atoms with Gasteiger partial charge in [0.2, 0.25) is 17.8 Å². The number of rotatable bonds is 20. The van der Waals surface area contributed by atoms with Gasteiger partial charge in [0.1, 0.15) is 30.0 Å². The summed E-state index contributed by atoms with van der Waals surface area (Å²) in [6, 6.07) is 10.7. The van der Waals surface area contributed by atoms with Gasteiger partial charge in [-0.05, 0) is 74.1 Å². The number of carbonyl (C=O) groups is 5. The molecule has 3 aliphatic heterocycles. The number of pyridine rings is 1. The van der Waals surface area contributed by atoms with E-state index in [0.29, 0.717) is 72.4 Å². The van der Waals surface area contributed by atoms with Crippen LogP contribution in [0.3, 0.4) is 0 Å². The molecule has 66 heavy (non-hydrogen) atoms. The second-order valence-corrected chi connectivity index (χ2v) is 16.6. The number of anilines is 3. The Kier molecular flexibility index (Phi) is 14.3. The summed E-state index contributed by atoms with van der Waals surface area (Å²) in [5, 5.41) is 15.2. The molecule has 0 bridgehead atoms. The van der Waals surface area contributed by atoms with E-state index in [1.165, 1.54) is 16.7 Å². The van der Waals surface area contributed by atoms with Crippen molar-refractivity contribution >= 4 is 69.4 Å². The third-order valence-corrected chi connectivity index (χ3v) is 12.0. The number of ether oxygens (including phenoxy) is 4. The maximum atomic E-state index is 13.0. The maximum Gasteiger partial charge on any atom is 0.293 e. The number of nitrogens with zero attached hydrogens (tertiary/aromatic N) is 8. The van der Waals surface area contributed by atoms with Gasteiger partial charge in [0.25, 0.3) is 17.4 Å². The molecule has 3 aliphatic rings. The first kappa shape index (κ1) is 45.8. The lowest BCUT2D eigenvalue weighted by Gasteiger charge is -2.31. The summed E-state index contributed by atoms with van der Waals surface area (Å²) in [5.41, 5.74) is 2.33. The topological polar surface area (TPSA) is 231 Å². The number of aromatic nitrogens is 6. The SMILES string of the molecule is CCC(=O)COc1cc2cc(Nc3nc(N4CCC(Cc5cn(CCOCCOCCOc6ccc7c(c6)C(=O)N(C6CCC(=O)NC6=O)C7=O)nn5)CC4)ncc3Cl)ccc2n(C)c1=O. The van der Waals surface area contributed by atoms with Crippen molar-refractivity contribution in [1.29, 1.82) is 0 Å². The summed E-state index contributed by atoms with van der Waals surface area (Å²) < 4.78 is 25.9. The Labute approximate surface area is 383 Å². The average molecular weight is 925 g/mol. The van der Waals surface area contributed by atoms with E-state index in [-0.39, 0.29) is 60.9 Å². The van der Waals surface area contributed by atoms with Gasteiger partial charge in [0.15, 0.2) is 17.4 Å². The second kappa shape index (κ2) is 20.6. The molecule has 346 valence electrons. The number of amides is 4. The Balaban J connectivity index is 0.721. The second-order valence-electron chi connectivity index (χ2n) is 16.2. The van der Waals surface area contributed by atoms with Gasteiger partial charge in [-0.1, -0.05) is 23.7 Å². The van der Waals surface area contributed by atoms with Gasteiger partial charge in [-0.2, -0.15) is 4.98 Å². The van der Waals surface area contributed by atoms with Crippen molar-refractivity contribution in [3.8, 4) is 11.5 Å². The number of benzene rings is 2. The van der Waals surface area contributed by atoms with Gasteiger partial charge in [0.05, 0.1) is 61.5 Å². The Morgan fingerprint density at radius 2 is 1.68 bits per heavy atom. The number of fused-ring (bicyclic) bond motifs is 2. The van der Waals surface area contributed by atoms with E-state index in [0.717, 1.165) is 48.3 Å². The normalized spacial score (nSPS) is 16.5. The summed E-state index contributed by atoms with van der Waals surface area (Å²) in [6.45, 7) is 5.26. The highest BCUT2D eigenvalue weighted by Crippen LogP contribution is 2.32. The highest BCUT2D eigenvalue weighted by atomic mass is 35.5. The van der Waals surface area contributed by atoms with E-state index in [2.05, 4.69) is 30.8 Å². The van der Waals surface area contributed by atoms with E-state index in [1.807, 2.05) is 24.4 Å². The number of hydrogen-bond donors (Lipinski definition) is 2. The number of ketones is 1. The molecule has 4 amide bonds. The van der Waals surface area contributed by atoms with Crippen molar-refractivity contribution < 1.29 is 42.9 Å². The zero-order valence-corrected chi connectivity index (χ0v) is 37.3. The van der Waals surface area contributed by atoms with Crippen LogP contribution in [0.4, 0.5) is 17.5 Å². The third kappa shape index (κ3) is 10.5. The molecule has 0 spiro atoms. The minimum Gasteiger partial charge on any atom is -0.491 e. The highest BCUT2D eigenvalue weighted by Gasteiger charge is 2.44. The molecule has 21 heteroatoms. The first-order valence-electron chi connectivity index (χ1n) is 21.8. The first-order valence-corrected chi connectivity index (χ1v) is 22.2. The van der Waals surface area contributed by atoms with Crippen LogP contribution in [0.25, 0.3) is 10.9 Å². The monoisotopic (exact) mass is 924 g/mol. The first-order chi connectivity index (χ1) is 31.9. The number of imide groups is 2. The Morgan fingerprint density at radius 1 is 0.909 bits per heavy atom. The van der Waals surface area contributed by atoms with E-state index >= 15 is 0 Å². The molecular weight excluding hydrogens is 876 g/mol. The lowest BCUT2D eigenvalue weighted by molar-refractivity contribution is -0.136. The van der Waals surface area contributed by atoms with Gasteiger partial charge < -0.3 is 33.7 Å². The number of hydrogen-bond acceptors (Lipinski definition) is 16. The van der Waals surface area contributed by atoms with Gasteiger partial charge >= 0.3 is 0 Å². The maximum absolute atomic E-state index is 13.0. The largest absolute Gasteiger partial charge is 0.491 e. The molecule has 0 saturated carbocycles. The fourth-order valence-corrected chi connectivity index (χ4v) is 8.18. The van der Waals surface area contributed by atoms with Gasteiger partial charge in [-0.15, -0.1) is 5.10 Å². The molecule has 5 aromatic rings. The molecule has 20 nitrogen and oxygen atoms in total. The molecule has 2 aromatic carbocycles. The van der Waals surface area contributed by atoms with Gasteiger partial charge in [-0.25, -0.2) is 9.67 Å². The van der Waals surface area contributed by atoms with E-state index in [1.54, 1.807) is 37.0 Å². The standard InChI is InChI=1S/C45H49ClN10O10/c1-3-31(57)26-66-38-22-28-21-29(4-7-36(28)53(2)44(38)62)48-40-35(46)24-47-45(50-40)54-12-10-27(11-13-54)20-30-25-55(52-51-30)14-15-63-16-17-64-18-19-65-32-5-6-33-34(23-32)43(61)56(42(33)60)37-8-9-39(58)49-41(37)59/h4-7,21-25,27,37H,3,8-20,26H2,1-2H3,(H,47,48,50)(H,49,58,59). The fourth-order valence-electron chi connectivity index (χ4n) is 8.04. The third-order valence-electron chi connectivity index (χ3n) is 11.7.